The Bertz CT molecular complexity index is 2640. The molecular weight excluding hydrogens is 689 g/mol. The zero-order valence-electron chi connectivity index (χ0n) is 30.4. The van der Waals surface area contributed by atoms with E-state index in [2.05, 4.69) is 23.0 Å². The van der Waals surface area contributed by atoms with Crippen molar-refractivity contribution in [2.45, 2.75) is 31.1 Å². The minimum Gasteiger partial charge on any atom is -0.497 e. The summed E-state index contributed by atoms with van der Waals surface area (Å²) in [5.41, 5.74) is 5.56. The van der Waals surface area contributed by atoms with Gasteiger partial charge in [0.25, 0.3) is 5.70 Å². The first kappa shape index (κ1) is 35.2. The average molecular weight is 725 g/mol. The fourth-order valence-electron chi connectivity index (χ4n) is 8.09. The van der Waals surface area contributed by atoms with Crippen LogP contribution < -0.4 is 19.1 Å². The molecule has 0 saturated heterocycles. The van der Waals surface area contributed by atoms with E-state index in [1.807, 2.05) is 91.0 Å². The van der Waals surface area contributed by atoms with Gasteiger partial charge in [0.15, 0.2) is 5.75 Å². The second kappa shape index (κ2) is 14.9. The van der Waals surface area contributed by atoms with Crippen LogP contribution in [0, 0.1) is 17.9 Å². The van der Waals surface area contributed by atoms with E-state index in [9.17, 15) is 10.1 Å². The highest BCUT2D eigenvalue weighted by Crippen LogP contribution is 2.57. The number of ether oxygens (including phenoxy) is 3. The lowest BCUT2D eigenvalue weighted by atomic mass is 9.76. The number of nitrogens with zero attached hydrogens (tertiary/aromatic N) is 2. The Morgan fingerprint density at radius 1 is 0.745 bits per heavy atom. The first-order valence-corrected chi connectivity index (χ1v) is 18.0. The van der Waals surface area contributed by atoms with Crippen LogP contribution in [-0.4, -0.2) is 26.8 Å². The van der Waals surface area contributed by atoms with Crippen LogP contribution in [0.4, 0.5) is 0 Å². The normalized spacial score (nSPS) is 16.0. The highest BCUT2D eigenvalue weighted by atomic mass is 17.2. The molecule has 8 heteroatoms. The maximum Gasteiger partial charge on any atom is 0.341 e. The molecule has 1 atom stereocenters. The van der Waals surface area contributed by atoms with Gasteiger partial charge >= 0.3 is 5.97 Å². The molecule has 8 nitrogen and oxygen atoms in total. The van der Waals surface area contributed by atoms with E-state index < -0.39 is 11.4 Å². The smallest absolute Gasteiger partial charge is 0.341 e. The number of benzene rings is 6. The minimum atomic E-state index is -0.715. The van der Waals surface area contributed by atoms with Gasteiger partial charge in [0.2, 0.25) is 0 Å². The van der Waals surface area contributed by atoms with Gasteiger partial charge in [-0.2, -0.15) is 10.1 Å². The van der Waals surface area contributed by atoms with Crippen LogP contribution in [0.2, 0.25) is 0 Å². The van der Waals surface area contributed by atoms with E-state index in [0.717, 1.165) is 92.1 Å². The second-order valence-corrected chi connectivity index (χ2v) is 13.8. The van der Waals surface area contributed by atoms with Gasteiger partial charge in [0.05, 0.1) is 32.4 Å². The number of hydrogen-bond donors (Lipinski definition) is 0. The number of carbonyl (C=O) groups excluding carboxylic acids is 1. The summed E-state index contributed by atoms with van der Waals surface area (Å²) in [4.78, 5) is 29.0. The number of rotatable bonds is 10. The molecule has 2 aliphatic rings. The van der Waals surface area contributed by atoms with Crippen molar-refractivity contribution in [2.24, 2.45) is 0 Å². The summed E-state index contributed by atoms with van der Waals surface area (Å²) in [5, 5.41) is 14.0. The Morgan fingerprint density at radius 3 is 1.87 bits per heavy atom. The lowest BCUT2D eigenvalue weighted by Crippen LogP contribution is -2.24. The summed E-state index contributed by atoms with van der Waals surface area (Å²) in [6.07, 6.45) is 6.56. The maximum atomic E-state index is 13.7. The van der Waals surface area contributed by atoms with Crippen LogP contribution in [0.15, 0.2) is 120 Å². The number of esters is 1. The first-order chi connectivity index (χ1) is 26.9. The number of carbonyl (C=O) groups is 1. The second-order valence-electron chi connectivity index (χ2n) is 13.8. The lowest BCUT2D eigenvalue weighted by molar-refractivity contribution is -0.197. The van der Waals surface area contributed by atoms with Crippen molar-refractivity contribution in [3.05, 3.63) is 165 Å². The van der Waals surface area contributed by atoms with E-state index >= 15 is 0 Å². The molecule has 0 saturated carbocycles. The molecule has 0 N–H and O–H groups in total. The molecule has 2 aliphatic carbocycles. The standard InChI is InChI=1S/C47H36N2O6/c1-49-41(25-31-11-13-38-27-40(52-3)17-15-36(38)24-31)46(50)54-42-8-4-6-33-18-20-47(44(33)42)21-19-34-7-5-9-43(45(34)47)55-53-29-32(28-48)22-30-10-12-37-26-39(51-2)16-14-35(37)23-30/h4-17,22-27H,18-21,29H2,2-3H3. The molecule has 0 aromatic heterocycles. The van der Waals surface area contributed by atoms with E-state index in [0.29, 0.717) is 17.1 Å². The molecule has 8 rings (SSSR count). The van der Waals surface area contributed by atoms with Crippen LogP contribution in [0.25, 0.3) is 38.5 Å². The van der Waals surface area contributed by atoms with Crippen LogP contribution in [-0.2, 0) is 27.9 Å². The number of hydrogen-bond acceptors (Lipinski definition) is 7. The topological polar surface area (TPSA) is 91.4 Å². The van der Waals surface area contributed by atoms with Crippen LogP contribution in [0.3, 0.4) is 0 Å². The Labute approximate surface area is 319 Å². The monoisotopic (exact) mass is 724 g/mol. The summed E-state index contributed by atoms with van der Waals surface area (Å²) in [6.45, 7) is 7.81. The van der Waals surface area contributed by atoms with E-state index in [4.69, 9.17) is 30.6 Å². The molecule has 0 amide bonds. The molecular formula is C47H36N2O6. The molecule has 0 bridgehead atoms. The van der Waals surface area contributed by atoms with Gasteiger partial charge in [0.1, 0.15) is 23.9 Å². The largest absolute Gasteiger partial charge is 0.497 e. The van der Waals surface area contributed by atoms with E-state index in [1.165, 1.54) is 0 Å². The van der Waals surface area contributed by atoms with Crippen LogP contribution in [0.5, 0.6) is 23.0 Å². The average Bonchev–Trinajstić information content (AvgIpc) is 3.80. The minimum absolute atomic E-state index is 0.0512. The van der Waals surface area contributed by atoms with Gasteiger partial charge in [-0.1, -0.05) is 60.7 Å². The number of nitriles is 1. The molecule has 0 heterocycles. The fraction of sp³-hybridized carbons (Fsp3) is 0.170. The maximum absolute atomic E-state index is 13.7. The van der Waals surface area contributed by atoms with Crippen molar-refractivity contribution in [1.82, 2.24) is 0 Å². The van der Waals surface area contributed by atoms with Gasteiger partial charge in [-0.3, -0.25) is 4.79 Å². The van der Waals surface area contributed by atoms with Crippen molar-refractivity contribution < 1.29 is 28.8 Å². The van der Waals surface area contributed by atoms with Crippen molar-refractivity contribution in [1.29, 1.82) is 5.26 Å². The molecule has 0 fully saturated rings. The zero-order valence-corrected chi connectivity index (χ0v) is 30.4. The van der Waals surface area contributed by atoms with E-state index in [1.54, 1.807) is 32.4 Å². The van der Waals surface area contributed by atoms with Crippen molar-refractivity contribution >= 4 is 39.7 Å². The molecule has 270 valence electrons. The Kier molecular flexibility index (Phi) is 9.51. The predicted octanol–water partition coefficient (Wildman–Crippen LogP) is 9.97. The molecule has 0 aliphatic heterocycles. The Hall–Kier alpha value is -6.87. The SMILES string of the molecule is [C-]#[N+]C(=Cc1ccc2cc(OC)ccc2c1)C(=O)Oc1cccc2c1C1(CCc3cccc(OOCC(C#N)=Cc4ccc5cc(OC)ccc5c4)c31)CC2. The van der Waals surface area contributed by atoms with Crippen molar-refractivity contribution in [3.63, 3.8) is 0 Å². The fourth-order valence-corrected chi connectivity index (χ4v) is 8.09. The summed E-state index contributed by atoms with van der Waals surface area (Å²) >= 11 is 0. The van der Waals surface area contributed by atoms with Crippen LogP contribution in [0.1, 0.15) is 46.2 Å². The summed E-state index contributed by atoms with van der Waals surface area (Å²) in [6, 6.07) is 37.3. The number of aryl methyl sites for hydroxylation is 2. The number of methoxy groups -OCH3 is 2. The molecule has 55 heavy (non-hydrogen) atoms. The summed E-state index contributed by atoms with van der Waals surface area (Å²) < 4.78 is 16.8. The van der Waals surface area contributed by atoms with Crippen LogP contribution >= 0.6 is 0 Å². The predicted molar refractivity (Wildman–Crippen MR) is 212 cm³/mol. The molecule has 1 unspecified atom stereocenters. The first-order valence-electron chi connectivity index (χ1n) is 18.0. The molecule has 6 aromatic carbocycles. The highest BCUT2D eigenvalue weighted by Gasteiger charge is 2.49. The van der Waals surface area contributed by atoms with Gasteiger partial charge in [-0.05, 0) is 130 Å². The van der Waals surface area contributed by atoms with Gasteiger partial charge < -0.3 is 19.1 Å². The van der Waals surface area contributed by atoms with Crippen molar-refractivity contribution in [2.75, 3.05) is 20.8 Å². The summed E-state index contributed by atoms with van der Waals surface area (Å²) in [7, 11) is 3.27. The van der Waals surface area contributed by atoms with E-state index in [-0.39, 0.29) is 12.3 Å². The molecule has 1 spiro atoms. The third-order valence-corrected chi connectivity index (χ3v) is 10.7. The quantitative estimate of drug-likeness (QED) is 0.0264. The molecule has 6 aromatic rings. The Balaban J connectivity index is 1.03. The van der Waals surface area contributed by atoms with Gasteiger partial charge in [0, 0.05) is 16.5 Å². The number of fused-ring (bicyclic) bond motifs is 6. The highest BCUT2D eigenvalue weighted by molar-refractivity contribution is 5.98. The third kappa shape index (κ3) is 6.76. The zero-order chi connectivity index (χ0) is 37.9. The van der Waals surface area contributed by atoms with Gasteiger partial charge in [-0.15, -0.1) is 0 Å². The Morgan fingerprint density at radius 2 is 1.29 bits per heavy atom. The summed E-state index contributed by atoms with van der Waals surface area (Å²) in [5.74, 6) is 1.83. The molecule has 0 radical (unpaired) electrons. The lowest BCUT2D eigenvalue weighted by Gasteiger charge is -2.29. The van der Waals surface area contributed by atoms with Gasteiger partial charge in [-0.25, -0.2) is 4.85 Å². The van der Waals surface area contributed by atoms with Crippen molar-refractivity contribution in [3.8, 4) is 29.1 Å². The third-order valence-electron chi connectivity index (χ3n) is 10.7.